The Morgan fingerprint density at radius 1 is 1.03 bits per heavy atom. The summed E-state index contributed by atoms with van der Waals surface area (Å²) in [4.78, 5) is 16.4. The summed E-state index contributed by atoms with van der Waals surface area (Å²) in [7, 11) is 1.68. The number of rotatable bonds is 6. The maximum atomic E-state index is 12.7. The van der Waals surface area contributed by atoms with Crippen molar-refractivity contribution in [3.05, 3.63) is 65.9 Å². The zero-order valence-electron chi connectivity index (χ0n) is 18.4. The van der Waals surface area contributed by atoms with Crippen molar-refractivity contribution in [2.75, 3.05) is 50.1 Å². The Kier molecular flexibility index (Phi) is 6.23. The SMILES string of the molecule is COc1ccc(N2CC[NH+](CC(=O)Nc3cc(C)nn3-c3ccc(C)cc3)CC2)cc1. The van der Waals surface area contributed by atoms with E-state index in [-0.39, 0.29) is 5.91 Å². The van der Waals surface area contributed by atoms with Crippen molar-refractivity contribution >= 4 is 17.4 Å². The summed E-state index contributed by atoms with van der Waals surface area (Å²) in [5.41, 5.74) is 4.20. The van der Waals surface area contributed by atoms with Gasteiger partial charge in [0.05, 0.1) is 44.7 Å². The molecule has 7 heteroatoms. The second-order valence-electron chi connectivity index (χ2n) is 8.08. The predicted octanol–water partition coefficient (Wildman–Crippen LogP) is 1.84. The lowest BCUT2D eigenvalue weighted by Crippen LogP contribution is -3.15. The van der Waals surface area contributed by atoms with Crippen LogP contribution >= 0.6 is 0 Å². The lowest BCUT2D eigenvalue weighted by molar-refractivity contribution is -0.892. The quantitative estimate of drug-likeness (QED) is 0.639. The number of anilines is 2. The summed E-state index contributed by atoms with van der Waals surface area (Å²) >= 11 is 0. The number of ether oxygens (including phenoxy) is 1. The molecule has 0 spiro atoms. The van der Waals surface area contributed by atoms with Crippen LogP contribution in [0.25, 0.3) is 5.69 Å². The summed E-state index contributed by atoms with van der Waals surface area (Å²) in [5.74, 6) is 1.59. The number of benzene rings is 2. The van der Waals surface area contributed by atoms with Crippen molar-refractivity contribution in [3.63, 3.8) is 0 Å². The molecule has 0 saturated carbocycles. The van der Waals surface area contributed by atoms with Crippen molar-refractivity contribution < 1.29 is 14.4 Å². The van der Waals surface area contributed by atoms with Gasteiger partial charge < -0.3 is 19.9 Å². The molecule has 0 bridgehead atoms. The van der Waals surface area contributed by atoms with Crippen molar-refractivity contribution in [1.82, 2.24) is 9.78 Å². The highest BCUT2D eigenvalue weighted by Gasteiger charge is 2.23. The van der Waals surface area contributed by atoms with Gasteiger partial charge in [-0.15, -0.1) is 0 Å². The number of hydrogen-bond donors (Lipinski definition) is 2. The molecule has 0 unspecified atom stereocenters. The van der Waals surface area contributed by atoms with Crippen molar-refractivity contribution in [1.29, 1.82) is 0 Å². The number of hydrogen-bond acceptors (Lipinski definition) is 4. The molecule has 1 aromatic heterocycles. The van der Waals surface area contributed by atoms with Gasteiger partial charge >= 0.3 is 0 Å². The van der Waals surface area contributed by atoms with Gasteiger partial charge in [-0.05, 0) is 50.2 Å². The summed E-state index contributed by atoms with van der Waals surface area (Å²) in [6, 6.07) is 18.2. The van der Waals surface area contributed by atoms with Gasteiger partial charge in [-0.25, -0.2) is 4.68 Å². The van der Waals surface area contributed by atoms with Crippen molar-refractivity contribution in [2.45, 2.75) is 13.8 Å². The molecule has 4 rings (SSSR count). The second kappa shape index (κ2) is 9.22. The molecule has 1 amide bonds. The van der Waals surface area contributed by atoms with Gasteiger partial charge in [0, 0.05) is 11.8 Å². The number of quaternary nitrogens is 1. The Hall–Kier alpha value is -3.32. The molecular formula is C24H30N5O2+. The second-order valence-corrected chi connectivity index (χ2v) is 8.08. The van der Waals surface area contributed by atoms with Gasteiger partial charge in [0.1, 0.15) is 11.6 Å². The topological polar surface area (TPSA) is 63.8 Å². The Labute approximate surface area is 183 Å². The number of piperazine rings is 1. The van der Waals surface area contributed by atoms with E-state index in [1.165, 1.54) is 16.2 Å². The predicted molar refractivity (Wildman–Crippen MR) is 122 cm³/mol. The van der Waals surface area contributed by atoms with Crippen LogP contribution in [-0.2, 0) is 4.79 Å². The summed E-state index contributed by atoms with van der Waals surface area (Å²) in [6.07, 6.45) is 0. The van der Waals surface area contributed by atoms with Crippen molar-refractivity contribution in [3.8, 4) is 11.4 Å². The minimum Gasteiger partial charge on any atom is -0.497 e. The Balaban J connectivity index is 1.33. The first-order valence-corrected chi connectivity index (χ1v) is 10.7. The number of aromatic nitrogens is 2. The largest absolute Gasteiger partial charge is 0.497 e. The lowest BCUT2D eigenvalue weighted by Gasteiger charge is -2.33. The molecule has 1 fully saturated rings. The Morgan fingerprint density at radius 3 is 2.32 bits per heavy atom. The maximum Gasteiger partial charge on any atom is 0.280 e. The van der Waals surface area contributed by atoms with E-state index in [9.17, 15) is 4.79 Å². The molecule has 7 nitrogen and oxygen atoms in total. The molecule has 3 aromatic rings. The van der Waals surface area contributed by atoms with E-state index in [1.807, 2.05) is 49.4 Å². The smallest absolute Gasteiger partial charge is 0.280 e. The molecule has 0 aliphatic carbocycles. The molecule has 0 atom stereocenters. The Morgan fingerprint density at radius 2 is 1.68 bits per heavy atom. The van der Waals surface area contributed by atoms with Gasteiger partial charge in [0.2, 0.25) is 0 Å². The fourth-order valence-electron chi connectivity index (χ4n) is 3.94. The molecule has 2 aromatic carbocycles. The van der Waals surface area contributed by atoms with E-state index in [2.05, 4.69) is 34.4 Å². The third-order valence-corrected chi connectivity index (χ3v) is 5.70. The molecule has 1 aliphatic heterocycles. The van der Waals surface area contributed by atoms with Crippen LogP contribution in [0, 0.1) is 13.8 Å². The summed E-state index contributed by atoms with van der Waals surface area (Å²) < 4.78 is 7.03. The molecule has 2 heterocycles. The Bertz CT molecular complexity index is 1020. The average Bonchev–Trinajstić information content (AvgIpc) is 3.14. The van der Waals surface area contributed by atoms with Crippen LogP contribution in [0.15, 0.2) is 54.6 Å². The zero-order valence-corrected chi connectivity index (χ0v) is 18.4. The van der Waals surface area contributed by atoms with E-state index in [1.54, 1.807) is 11.8 Å². The number of carbonyl (C=O) groups excluding carboxylic acids is 1. The van der Waals surface area contributed by atoms with Crippen LogP contribution < -0.4 is 19.9 Å². The highest BCUT2D eigenvalue weighted by Crippen LogP contribution is 2.19. The lowest BCUT2D eigenvalue weighted by atomic mass is 10.2. The number of carbonyl (C=O) groups is 1. The molecule has 1 aliphatic rings. The molecule has 162 valence electrons. The van der Waals surface area contributed by atoms with Crippen molar-refractivity contribution in [2.24, 2.45) is 0 Å². The maximum absolute atomic E-state index is 12.7. The number of nitrogens with one attached hydrogen (secondary N) is 2. The van der Waals surface area contributed by atoms with Gasteiger partial charge in [-0.2, -0.15) is 5.10 Å². The number of aryl methyl sites for hydroxylation is 2. The van der Waals surface area contributed by atoms with Gasteiger partial charge in [0.15, 0.2) is 6.54 Å². The van der Waals surface area contributed by atoms with Crippen LogP contribution in [0.4, 0.5) is 11.5 Å². The normalized spacial score (nSPS) is 14.5. The number of methoxy groups -OCH3 is 1. The standard InChI is InChI=1S/C24H29N5O2/c1-18-4-6-21(7-5-18)29-23(16-19(2)26-29)25-24(30)17-27-12-14-28(15-13-27)20-8-10-22(31-3)11-9-20/h4-11,16H,12-15,17H2,1-3H3,(H,25,30)/p+1. The van der Waals surface area contributed by atoms with Crippen LogP contribution in [-0.4, -0.2) is 55.5 Å². The molecule has 1 saturated heterocycles. The van der Waals surface area contributed by atoms with Crippen LogP contribution in [0.3, 0.4) is 0 Å². The van der Waals surface area contributed by atoms with Crippen LogP contribution in [0.1, 0.15) is 11.3 Å². The fraction of sp³-hybridized carbons (Fsp3) is 0.333. The van der Waals surface area contributed by atoms with Gasteiger partial charge in [0.25, 0.3) is 5.91 Å². The van der Waals surface area contributed by atoms with E-state index in [0.717, 1.165) is 43.3 Å². The monoisotopic (exact) mass is 420 g/mol. The average molecular weight is 421 g/mol. The molecular weight excluding hydrogens is 390 g/mol. The number of amides is 1. The van der Waals surface area contributed by atoms with Crippen LogP contribution in [0.2, 0.25) is 0 Å². The van der Waals surface area contributed by atoms with Gasteiger partial charge in [-0.3, -0.25) is 4.79 Å². The first kappa shape index (κ1) is 20.9. The minimum absolute atomic E-state index is 0.0150. The van der Waals surface area contributed by atoms with Crippen LogP contribution in [0.5, 0.6) is 5.75 Å². The van der Waals surface area contributed by atoms with E-state index < -0.39 is 0 Å². The highest BCUT2D eigenvalue weighted by atomic mass is 16.5. The van der Waals surface area contributed by atoms with E-state index in [4.69, 9.17) is 4.74 Å². The minimum atomic E-state index is 0.0150. The summed E-state index contributed by atoms with van der Waals surface area (Å²) in [5, 5.41) is 7.61. The van der Waals surface area contributed by atoms with E-state index in [0.29, 0.717) is 12.4 Å². The molecule has 31 heavy (non-hydrogen) atoms. The molecule has 0 radical (unpaired) electrons. The highest BCUT2D eigenvalue weighted by molar-refractivity contribution is 5.91. The van der Waals surface area contributed by atoms with Gasteiger partial charge in [-0.1, -0.05) is 17.7 Å². The first-order valence-electron chi connectivity index (χ1n) is 10.7. The third kappa shape index (κ3) is 5.06. The fourth-order valence-corrected chi connectivity index (χ4v) is 3.94. The summed E-state index contributed by atoms with van der Waals surface area (Å²) in [6.45, 7) is 8.15. The number of nitrogens with zero attached hydrogens (tertiary/aromatic N) is 3. The van der Waals surface area contributed by atoms with E-state index >= 15 is 0 Å². The molecule has 2 N–H and O–H groups in total. The zero-order chi connectivity index (χ0) is 21.8. The third-order valence-electron chi connectivity index (χ3n) is 5.70. The first-order chi connectivity index (χ1) is 15.0.